The number of carbonyl (C=O) groups excluding carboxylic acids is 4. The molecule has 2 amide bonds. The lowest BCUT2D eigenvalue weighted by atomic mass is 9.94. The van der Waals surface area contributed by atoms with Gasteiger partial charge in [-0.2, -0.15) is 0 Å². The normalized spacial score (nSPS) is 26.1. The van der Waals surface area contributed by atoms with Crippen molar-refractivity contribution in [1.29, 1.82) is 0 Å². The second-order valence-electron chi connectivity index (χ2n) is 15.5. The van der Waals surface area contributed by atoms with Gasteiger partial charge < -0.3 is 24.2 Å². The van der Waals surface area contributed by atoms with Crippen molar-refractivity contribution in [3.8, 4) is 0 Å². The fraction of sp³-hybridized carbons (Fsp3) is 0.629. The standard InChI is InChI=1S/C35H57N3O7Si2/c1-22(2)31-24(4)16-17-28(40)36-18-14-15-23(3)19-27(45-47(12,13)35(6,7)8)20-26(39)21-29-38-30(34(43-29)46(9,10)11)32(41)37-25(5)33(42)44-31/h14-17,19,22,24-25,27,31H,18,20-21H2,1-13H3,(H,36,40)(H,37,41)/b15-14+,17-16+,23-19+/t24-,25-,27-,31-/m1/s1. The molecule has 2 bridgehead atoms. The molecule has 10 nitrogen and oxygen atoms in total. The zero-order chi connectivity index (χ0) is 35.9. The van der Waals surface area contributed by atoms with Crippen molar-refractivity contribution in [2.45, 2.75) is 124 Å². The summed E-state index contributed by atoms with van der Waals surface area (Å²) in [5.74, 6) is -1.73. The number of hydrogen-bond donors (Lipinski definition) is 2. The number of nitrogens with zero attached hydrogens (tertiary/aromatic N) is 1. The Kier molecular flexibility index (Phi) is 13.9. The molecule has 2 heterocycles. The summed E-state index contributed by atoms with van der Waals surface area (Å²) in [6, 6.07) is -0.976. The first kappa shape index (κ1) is 40.1. The number of ether oxygens (including phenoxy) is 1. The monoisotopic (exact) mass is 687 g/mol. The smallest absolute Gasteiger partial charge is 0.328 e. The minimum absolute atomic E-state index is 0.0460. The van der Waals surface area contributed by atoms with Gasteiger partial charge in [0, 0.05) is 18.9 Å². The molecule has 47 heavy (non-hydrogen) atoms. The van der Waals surface area contributed by atoms with E-state index >= 15 is 0 Å². The summed E-state index contributed by atoms with van der Waals surface area (Å²) >= 11 is 0. The lowest BCUT2D eigenvalue weighted by Gasteiger charge is -2.38. The van der Waals surface area contributed by atoms with Crippen LogP contribution in [0.3, 0.4) is 0 Å². The zero-order valence-corrected chi connectivity index (χ0v) is 32.7. The number of ketones is 1. The Bertz CT molecular complexity index is 1380. The van der Waals surface area contributed by atoms with Gasteiger partial charge in [-0.25, -0.2) is 9.78 Å². The van der Waals surface area contributed by atoms with Gasteiger partial charge in [-0.05, 0) is 44.0 Å². The molecule has 1 aromatic heterocycles. The Morgan fingerprint density at radius 3 is 2.23 bits per heavy atom. The maximum Gasteiger partial charge on any atom is 0.328 e. The first-order chi connectivity index (χ1) is 21.5. The molecule has 2 rings (SSSR count). The molecule has 262 valence electrons. The van der Waals surface area contributed by atoms with Gasteiger partial charge in [0.1, 0.15) is 31.4 Å². The third-order valence-corrected chi connectivity index (χ3v) is 14.7. The largest absolute Gasteiger partial charge is 0.460 e. The lowest BCUT2D eigenvalue weighted by Crippen LogP contribution is -2.46. The van der Waals surface area contributed by atoms with Crippen molar-refractivity contribution in [2.75, 3.05) is 6.54 Å². The average Bonchev–Trinajstić information content (AvgIpc) is 3.35. The van der Waals surface area contributed by atoms with Gasteiger partial charge in [0.15, 0.2) is 14.0 Å². The summed E-state index contributed by atoms with van der Waals surface area (Å²) in [6.45, 7) is 26.3. The van der Waals surface area contributed by atoms with E-state index in [1.165, 1.54) is 6.08 Å². The second kappa shape index (κ2) is 16.3. The zero-order valence-electron chi connectivity index (χ0n) is 30.7. The Morgan fingerprint density at radius 2 is 1.66 bits per heavy atom. The highest BCUT2D eigenvalue weighted by atomic mass is 28.4. The number of allylic oxidation sites excluding steroid dienone is 2. The van der Waals surface area contributed by atoms with E-state index in [0.717, 1.165) is 5.57 Å². The van der Waals surface area contributed by atoms with E-state index in [-0.39, 0.29) is 53.0 Å². The molecular weight excluding hydrogens is 631 g/mol. The van der Waals surface area contributed by atoms with Crippen LogP contribution in [-0.4, -0.2) is 69.7 Å². The summed E-state index contributed by atoms with van der Waals surface area (Å²) < 4.78 is 18.6. The number of cyclic esters (lactones) is 1. The van der Waals surface area contributed by atoms with E-state index in [4.69, 9.17) is 13.6 Å². The van der Waals surface area contributed by atoms with E-state index < -0.39 is 46.5 Å². The van der Waals surface area contributed by atoms with Crippen LogP contribution < -0.4 is 16.0 Å². The van der Waals surface area contributed by atoms with E-state index in [2.05, 4.69) is 49.5 Å². The highest BCUT2D eigenvalue weighted by molar-refractivity contribution is 6.88. The molecule has 12 heteroatoms. The molecule has 1 aromatic rings. The molecule has 0 spiro atoms. The highest BCUT2D eigenvalue weighted by Crippen LogP contribution is 2.38. The third-order valence-electron chi connectivity index (χ3n) is 8.50. The molecule has 4 atom stereocenters. The number of aromatic nitrogens is 1. The summed E-state index contributed by atoms with van der Waals surface area (Å²) in [4.78, 5) is 57.1. The molecule has 0 saturated heterocycles. The van der Waals surface area contributed by atoms with Crippen LogP contribution in [0.2, 0.25) is 37.8 Å². The maximum absolute atomic E-state index is 13.5. The highest BCUT2D eigenvalue weighted by Gasteiger charge is 2.39. The first-order valence-electron chi connectivity index (χ1n) is 16.5. The number of Topliss-reactive ketones (excluding diaryl/α,β-unsaturated/α-hetero) is 1. The Labute approximate surface area is 283 Å². The number of oxazole rings is 1. The van der Waals surface area contributed by atoms with E-state index in [1.807, 2.05) is 65.6 Å². The van der Waals surface area contributed by atoms with Gasteiger partial charge in [0.05, 0.1) is 12.5 Å². The molecule has 0 aliphatic carbocycles. The van der Waals surface area contributed by atoms with E-state index in [0.29, 0.717) is 11.9 Å². The maximum atomic E-state index is 13.5. The van der Waals surface area contributed by atoms with Crippen LogP contribution in [0.5, 0.6) is 0 Å². The molecule has 0 unspecified atom stereocenters. The molecule has 2 N–H and O–H groups in total. The number of carbonyl (C=O) groups is 4. The molecule has 1 aliphatic rings. The van der Waals surface area contributed by atoms with Crippen molar-refractivity contribution in [2.24, 2.45) is 11.8 Å². The van der Waals surface area contributed by atoms with Crippen molar-refractivity contribution in [1.82, 2.24) is 15.6 Å². The van der Waals surface area contributed by atoms with Crippen LogP contribution in [0.1, 0.15) is 78.2 Å². The van der Waals surface area contributed by atoms with Crippen LogP contribution in [0, 0.1) is 11.8 Å². The van der Waals surface area contributed by atoms with Crippen LogP contribution in [-0.2, 0) is 30.0 Å². The quantitative estimate of drug-likeness (QED) is 0.308. The topological polar surface area (TPSA) is 137 Å². The van der Waals surface area contributed by atoms with Gasteiger partial charge in [-0.3, -0.25) is 14.4 Å². The molecule has 0 saturated carbocycles. The predicted octanol–water partition coefficient (Wildman–Crippen LogP) is 5.62. The van der Waals surface area contributed by atoms with Gasteiger partial charge in [-0.15, -0.1) is 0 Å². The summed E-state index contributed by atoms with van der Waals surface area (Å²) in [5.41, 5.74) is 0.979. The number of nitrogens with one attached hydrogen (secondary N) is 2. The molecule has 0 fully saturated rings. The van der Waals surface area contributed by atoms with Gasteiger partial charge in [-0.1, -0.05) is 91.1 Å². The minimum Gasteiger partial charge on any atom is -0.460 e. The molecule has 0 aromatic carbocycles. The van der Waals surface area contributed by atoms with Crippen molar-refractivity contribution >= 4 is 45.3 Å². The number of fused-ring (bicyclic) bond motifs is 2. The Hall–Kier alpha value is -3.10. The molecule has 0 radical (unpaired) electrons. The van der Waals surface area contributed by atoms with Gasteiger partial charge in [0.2, 0.25) is 11.8 Å². The third kappa shape index (κ3) is 12.1. The predicted molar refractivity (Wildman–Crippen MR) is 191 cm³/mol. The number of esters is 1. The number of rotatable bonds is 4. The number of amides is 2. The Morgan fingerprint density at radius 1 is 1.02 bits per heavy atom. The van der Waals surface area contributed by atoms with Crippen molar-refractivity contribution in [3.05, 3.63) is 47.5 Å². The molecular formula is C35H57N3O7Si2. The van der Waals surface area contributed by atoms with Gasteiger partial charge in [0.25, 0.3) is 5.91 Å². The average molecular weight is 688 g/mol. The van der Waals surface area contributed by atoms with E-state index in [1.54, 1.807) is 13.0 Å². The van der Waals surface area contributed by atoms with E-state index in [9.17, 15) is 19.2 Å². The lowest BCUT2D eigenvalue weighted by molar-refractivity contribution is -0.155. The van der Waals surface area contributed by atoms with Crippen molar-refractivity contribution < 1.29 is 32.8 Å². The van der Waals surface area contributed by atoms with Gasteiger partial charge >= 0.3 is 5.97 Å². The Balaban J connectivity index is 2.54. The number of hydrogen-bond acceptors (Lipinski definition) is 8. The van der Waals surface area contributed by atoms with Crippen LogP contribution in [0.25, 0.3) is 0 Å². The van der Waals surface area contributed by atoms with Crippen molar-refractivity contribution in [3.63, 3.8) is 0 Å². The summed E-state index contributed by atoms with van der Waals surface area (Å²) in [5, 5.41) is 5.94. The first-order valence-corrected chi connectivity index (χ1v) is 22.9. The fourth-order valence-electron chi connectivity index (χ4n) is 4.83. The molecule has 1 aliphatic heterocycles. The second-order valence-corrected chi connectivity index (χ2v) is 25.2. The minimum atomic E-state index is -2.25. The fourth-order valence-corrected chi connectivity index (χ4v) is 7.39. The van der Waals surface area contributed by atoms with Crippen LogP contribution in [0.15, 0.2) is 40.4 Å². The summed E-state index contributed by atoms with van der Waals surface area (Å²) in [7, 11) is -4.48. The summed E-state index contributed by atoms with van der Waals surface area (Å²) in [6.07, 6.45) is 7.84. The van der Waals surface area contributed by atoms with Crippen LogP contribution >= 0.6 is 0 Å². The SMILES string of the molecule is CC1=C\[C@@H](O[Si](C)(C)C(C)(C)C)CC(=O)Cc2nc(c([Si](C)(C)C)o2)C(=O)N[C@H](C)C(=O)O[C@H](C(C)C)[C@H](C)/C=C/C(=O)NC\C=C\1. The van der Waals surface area contributed by atoms with Crippen LogP contribution in [0.4, 0.5) is 0 Å².